The SMILES string of the molecule is CC1CN(C(=O)NCc2cccc(Cn3ccnc3)c2)CC(C)O1. The van der Waals surface area contributed by atoms with Crippen LogP contribution < -0.4 is 5.32 Å². The Morgan fingerprint density at radius 3 is 2.75 bits per heavy atom. The molecule has 6 heteroatoms. The Kier molecular flexibility index (Phi) is 5.15. The summed E-state index contributed by atoms with van der Waals surface area (Å²) in [5.74, 6) is 0. The van der Waals surface area contributed by atoms with E-state index >= 15 is 0 Å². The van der Waals surface area contributed by atoms with E-state index in [2.05, 4.69) is 22.4 Å². The molecule has 1 aliphatic rings. The number of nitrogens with one attached hydrogen (secondary N) is 1. The number of morpholine rings is 1. The van der Waals surface area contributed by atoms with Crippen molar-refractivity contribution in [2.24, 2.45) is 0 Å². The van der Waals surface area contributed by atoms with Crippen LogP contribution in [0.1, 0.15) is 25.0 Å². The van der Waals surface area contributed by atoms with Crippen molar-refractivity contribution in [1.82, 2.24) is 19.8 Å². The monoisotopic (exact) mass is 328 g/mol. The van der Waals surface area contributed by atoms with Crippen molar-refractivity contribution >= 4 is 6.03 Å². The molecule has 0 spiro atoms. The van der Waals surface area contributed by atoms with Gasteiger partial charge in [0.1, 0.15) is 0 Å². The van der Waals surface area contributed by atoms with Crippen molar-refractivity contribution in [3.8, 4) is 0 Å². The van der Waals surface area contributed by atoms with Gasteiger partial charge in [-0.15, -0.1) is 0 Å². The first-order valence-electron chi connectivity index (χ1n) is 8.32. The summed E-state index contributed by atoms with van der Waals surface area (Å²) in [6.45, 7) is 6.57. The van der Waals surface area contributed by atoms with Gasteiger partial charge < -0.3 is 19.5 Å². The van der Waals surface area contributed by atoms with E-state index in [1.807, 2.05) is 41.6 Å². The number of aromatic nitrogens is 2. The van der Waals surface area contributed by atoms with Gasteiger partial charge in [0.2, 0.25) is 0 Å². The van der Waals surface area contributed by atoms with Gasteiger partial charge in [0.25, 0.3) is 0 Å². The third kappa shape index (κ3) is 4.35. The van der Waals surface area contributed by atoms with Gasteiger partial charge in [-0.25, -0.2) is 9.78 Å². The number of benzene rings is 1. The maximum absolute atomic E-state index is 12.4. The lowest BCUT2D eigenvalue weighted by atomic mass is 10.1. The number of rotatable bonds is 4. The highest BCUT2D eigenvalue weighted by Crippen LogP contribution is 2.11. The van der Waals surface area contributed by atoms with Crippen LogP contribution in [0, 0.1) is 0 Å². The van der Waals surface area contributed by atoms with Gasteiger partial charge >= 0.3 is 6.03 Å². The quantitative estimate of drug-likeness (QED) is 0.936. The van der Waals surface area contributed by atoms with Crippen molar-refractivity contribution in [3.63, 3.8) is 0 Å². The van der Waals surface area contributed by atoms with E-state index in [4.69, 9.17) is 4.74 Å². The molecule has 2 atom stereocenters. The molecule has 1 fully saturated rings. The highest BCUT2D eigenvalue weighted by molar-refractivity contribution is 5.74. The van der Waals surface area contributed by atoms with Crippen molar-refractivity contribution in [2.75, 3.05) is 13.1 Å². The van der Waals surface area contributed by atoms with Crippen LogP contribution >= 0.6 is 0 Å². The predicted octanol–water partition coefficient (Wildman–Crippen LogP) is 2.25. The summed E-state index contributed by atoms with van der Waals surface area (Å²) in [4.78, 5) is 18.2. The zero-order valence-corrected chi connectivity index (χ0v) is 14.2. The van der Waals surface area contributed by atoms with Crippen LogP contribution in [0.2, 0.25) is 0 Å². The second-order valence-corrected chi connectivity index (χ2v) is 6.38. The molecule has 1 aromatic heterocycles. The number of imidazole rings is 1. The predicted molar refractivity (Wildman–Crippen MR) is 91.6 cm³/mol. The van der Waals surface area contributed by atoms with E-state index in [0.717, 1.165) is 12.1 Å². The molecule has 3 rings (SSSR count). The van der Waals surface area contributed by atoms with Crippen molar-refractivity contribution in [1.29, 1.82) is 0 Å². The van der Waals surface area contributed by atoms with Gasteiger partial charge in [0.15, 0.2) is 0 Å². The molecular formula is C18H24N4O2. The lowest BCUT2D eigenvalue weighted by Gasteiger charge is -2.35. The number of carbonyl (C=O) groups excluding carboxylic acids is 1. The molecule has 24 heavy (non-hydrogen) atoms. The molecule has 2 unspecified atom stereocenters. The Morgan fingerprint density at radius 1 is 1.29 bits per heavy atom. The van der Waals surface area contributed by atoms with E-state index in [1.54, 1.807) is 12.5 Å². The largest absolute Gasteiger partial charge is 0.372 e. The molecule has 2 aromatic rings. The van der Waals surface area contributed by atoms with Crippen molar-refractivity contribution in [2.45, 2.75) is 39.1 Å². The normalized spacial score (nSPS) is 20.8. The summed E-state index contributed by atoms with van der Waals surface area (Å²) in [6, 6.07) is 8.22. The van der Waals surface area contributed by atoms with Gasteiger partial charge in [-0.2, -0.15) is 0 Å². The molecule has 0 saturated carbocycles. The van der Waals surface area contributed by atoms with E-state index in [9.17, 15) is 4.79 Å². The topological polar surface area (TPSA) is 59.4 Å². The van der Waals surface area contributed by atoms with Crippen LogP contribution in [0.25, 0.3) is 0 Å². The van der Waals surface area contributed by atoms with Gasteiger partial charge in [-0.05, 0) is 25.0 Å². The lowest BCUT2D eigenvalue weighted by molar-refractivity contribution is -0.0545. The molecule has 128 valence electrons. The number of urea groups is 1. The molecule has 0 radical (unpaired) electrons. The van der Waals surface area contributed by atoms with Crippen LogP contribution in [0.15, 0.2) is 43.0 Å². The zero-order chi connectivity index (χ0) is 16.9. The van der Waals surface area contributed by atoms with Crippen molar-refractivity contribution < 1.29 is 9.53 Å². The van der Waals surface area contributed by atoms with E-state index < -0.39 is 0 Å². The van der Waals surface area contributed by atoms with Crippen LogP contribution in [0.5, 0.6) is 0 Å². The maximum Gasteiger partial charge on any atom is 0.317 e. The van der Waals surface area contributed by atoms with Gasteiger partial charge in [-0.3, -0.25) is 0 Å². The summed E-state index contributed by atoms with van der Waals surface area (Å²) in [5.41, 5.74) is 2.28. The standard InChI is InChI=1S/C18H24N4O2/c1-14-10-22(11-15(2)24-14)18(23)20-9-16-4-3-5-17(8-16)12-21-7-6-19-13-21/h3-8,13-15H,9-12H2,1-2H3,(H,20,23). The first-order chi connectivity index (χ1) is 11.6. The highest BCUT2D eigenvalue weighted by atomic mass is 16.5. The van der Waals surface area contributed by atoms with Crippen molar-refractivity contribution in [3.05, 3.63) is 54.1 Å². The molecule has 1 aromatic carbocycles. The van der Waals surface area contributed by atoms with Gasteiger partial charge in [-0.1, -0.05) is 24.3 Å². The van der Waals surface area contributed by atoms with Crippen LogP contribution in [-0.4, -0.2) is 45.8 Å². The fourth-order valence-electron chi connectivity index (χ4n) is 3.06. The first kappa shape index (κ1) is 16.5. The Bertz CT molecular complexity index is 661. The minimum atomic E-state index is -0.0305. The number of hydrogen-bond acceptors (Lipinski definition) is 3. The minimum Gasteiger partial charge on any atom is -0.372 e. The Hall–Kier alpha value is -2.34. The Balaban J connectivity index is 1.55. The number of carbonyl (C=O) groups is 1. The second kappa shape index (κ2) is 7.49. The number of amides is 2. The Labute approximate surface area is 142 Å². The average Bonchev–Trinajstić information content (AvgIpc) is 3.05. The van der Waals surface area contributed by atoms with Crippen LogP contribution in [-0.2, 0) is 17.8 Å². The molecule has 1 N–H and O–H groups in total. The first-order valence-corrected chi connectivity index (χ1v) is 8.32. The van der Waals surface area contributed by atoms with E-state index in [-0.39, 0.29) is 18.2 Å². The number of nitrogens with zero attached hydrogens (tertiary/aromatic N) is 3. The smallest absolute Gasteiger partial charge is 0.317 e. The second-order valence-electron chi connectivity index (χ2n) is 6.38. The summed E-state index contributed by atoms with van der Waals surface area (Å²) >= 11 is 0. The maximum atomic E-state index is 12.4. The van der Waals surface area contributed by atoms with Gasteiger partial charge in [0.05, 0.1) is 18.5 Å². The highest BCUT2D eigenvalue weighted by Gasteiger charge is 2.25. The fraction of sp³-hybridized carbons (Fsp3) is 0.444. The van der Waals surface area contributed by atoms with E-state index in [0.29, 0.717) is 19.6 Å². The summed E-state index contributed by atoms with van der Waals surface area (Å²) in [5, 5.41) is 3.01. The van der Waals surface area contributed by atoms with Gasteiger partial charge in [0, 0.05) is 38.6 Å². The molecule has 1 saturated heterocycles. The third-order valence-corrected chi connectivity index (χ3v) is 4.07. The third-order valence-electron chi connectivity index (χ3n) is 4.07. The van der Waals surface area contributed by atoms with Crippen LogP contribution in [0.4, 0.5) is 4.79 Å². The fourth-order valence-corrected chi connectivity index (χ4v) is 3.06. The van der Waals surface area contributed by atoms with Crippen LogP contribution in [0.3, 0.4) is 0 Å². The molecule has 2 amide bonds. The zero-order valence-electron chi connectivity index (χ0n) is 14.2. The molecule has 0 bridgehead atoms. The number of hydrogen-bond donors (Lipinski definition) is 1. The Morgan fingerprint density at radius 2 is 2.04 bits per heavy atom. The lowest BCUT2D eigenvalue weighted by Crippen LogP contribution is -2.51. The molecular weight excluding hydrogens is 304 g/mol. The molecule has 6 nitrogen and oxygen atoms in total. The van der Waals surface area contributed by atoms with E-state index in [1.165, 1.54) is 5.56 Å². The summed E-state index contributed by atoms with van der Waals surface area (Å²) in [7, 11) is 0. The molecule has 1 aliphatic heterocycles. The average molecular weight is 328 g/mol. The number of ether oxygens (including phenoxy) is 1. The minimum absolute atomic E-state index is 0.0305. The summed E-state index contributed by atoms with van der Waals surface area (Å²) < 4.78 is 7.69. The molecule has 0 aliphatic carbocycles. The molecule has 2 heterocycles. The summed E-state index contributed by atoms with van der Waals surface area (Å²) in [6.07, 6.45) is 5.68.